The van der Waals surface area contributed by atoms with Gasteiger partial charge in [0.05, 0.1) is 17.3 Å². The molecule has 2 heterocycles. The number of H-pyrrole nitrogens is 1. The fourth-order valence-corrected chi connectivity index (χ4v) is 3.05. The molecule has 0 radical (unpaired) electrons. The fraction of sp³-hybridized carbons (Fsp3) is 0.0500. The molecule has 2 aromatic carbocycles. The summed E-state index contributed by atoms with van der Waals surface area (Å²) in [6, 6.07) is 12.7. The van der Waals surface area contributed by atoms with Crippen molar-refractivity contribution in [2.75, 3.05) is 0 Å². The maximum atomic E-state index is 14.3. The normalized spacial score (nSPS) is 10.7. The van der Waals surface area contributed by atoms with Crippen LogP contribution in [0.2, 0.25) is 10.0 Å². The van der Waals surface area contributed by atoms with Crippen LogP contribution in [0.15, 0.2) is 48.7 Å². The van der Waals surface area contributed by atoms with E-state index in [9.17, 15) is 4.39 Å². The van der Waals surface area contributed by atoms with Crippen molar-refractivity contribution in [1.82, 2.24) is 15.2 Å². The van der Waals surface area contributed by atoms with Crippen LogP contribution < -0.4 is 9.47 Å². The first-order chi connectivity index (χ1) is 14.0. The molecule has 9 heteroatoms. The number of fused-ring (bicyclic) bond motifs is 1. The van der Waals surface area contributed by atoms with E-state index >= 15 is 0 Å². The molecule has 29 heavy (non-hydrogen) atoms. The molecule has 0 unspecified atom stereocenters. The molecule has 0 saturated heterocycles. The number of pyridine rings is 1. The summed E-state index contributed by atoms with van der Waals surface area (Å²) >= 11 is 12.0. The van der Waals surface area contributed by atoms with Crippen molar-refractivity contribution in [2.24, 2.45) is 0 Å². The summed E-state index contributed by atoms with van der Waals surface area (Å²) in [6.45, 7) is 0.110. The lowest BCUT2D eigenvalue weighted by atomic mass is 10.2. The van der Waals surface area contributed by atoms with Gasteiger partial charge in [0.25, 0.3) is 0 Å². The lowest BCUT2D eigenvalue weighted by Crippen LogP contribution is -1.98. The van der Waals surface area contributed by atoms with Gasteiger partial charge in [0.2, 0.25) is 0 Å². The van der Waals surface area contributed by atoms with Crippen LogP contribution in [0.3, 0.4) is 0 Å². The predicted molar refractivity (Wildman–Crippen MR) is 106 cm³/mol. The second kappa shape index (κ2) is 7.95. The van der Waals surface area contributed by atoms with Crippen molar-refractivity contribution < 1.29 is 13.9 Å². The number of ether oxygens (including phenoxy) is 2. The SMILES string of the molecule is N#Cc1cc(Cl)cc(Oc2cc(OCc3[nH]nc4ncccc34)cc(F)c2Cl)c1. The molecule has 0 atom stereocenters. The first-order valence-electron chi connectivity index (χ1n) is 8.32. The van der Waals surface area contributed by atoms with Crippen LogP contribution in [0, 0.1) is 17.1 Å². The molecule has 144 valence electrons. The summed E-state index contributed by atoms with van der Waals surface area (Å²) in [5.41, 5.74) is 1.56. The summed E-state index contributed by atoms with van der Waals surface area (Å²) in [5.74, 6) is -0.226. The highest BCUT2D eigenvalue weighted by molar-refractivity contribution is 6.32. The van der Waals surface area contributed by atoms with Crippen molar-refractivity contribution in [3.05, 3.63) is 75.8 Å². The van der Waals surface area contributed by atoms with Gasteiger partial charge in [0.1, 0.15) is 28.9 Å². The van der Waals surface area contributed by atoms with Crippen LogP contribution in [-0.4, -0.2) is 15.2 Å². The van der Waals surface area contributed by atoms with Gasteiger partial charge in [0, 0.05) is 28.7 Å². The van der Waals surface area contributed by atoms with Crippen LogP contribution in [0.5, 0.6) is 17.2 Å². The molecule has 2 aromatic heterocycles. The second-order valence-corrected chi connectivity index (χ2v) is 6.79. The van der Waals surface area contributed by atoms with E-state index in [0.29, 0.717) is 21.9 Å². The van der Waals surface area contributed by atoms with Crippen molar-refractivity contribution in [2.45, 2.75) is 6.61 Å². The number of nitriles is 1. The van der Waals surface area contributed by atoms with Crippen molar-refractivity contribution in [3.63, 3.8) is 0 Å². The molecule has 0 saturated carbocycles. The Hall–Kier alpha value is -3.34. The lowest BCUT2D eigenvalue weighted by Gasteiger charge is -2.12. The number of aromatic nitrogens is 3. The molecule has 0 amide bonds. The van der Waals surface area contributed by atoms with Crippen molar-refractivity contribution >= 4 is 34.2 Å². The number of aromatic amines is 1. The van der Waals surface area contributed by atoms with E-state index in [-0.39, 0.29) is 28.9 Å². The summed E-state index contributed by atoms with van der Waals surface area (Å²) in [7, 11) is 0. The van der Waals surface area contributed by atoms with Gasteiger partial charge < -0.3 is 9.47 Å². The Bertz CT molecular complexity index is 1250. The zero-order valence-electron chi connectivity index (χ0n) is 14.6. The highest BCUT2D eigenvalue weighted by Gasteiger charge is 2.14. The Labute approximate surface area is 174 Å². The minimum Gasteiger partial charge on any atom is -0.487 e. The van der Waals surface area contributed by atoms with Crippen molar-refractivity contribution in [3.8, 4) is 23.3 Å². The fourth-order valence-electron chi connectivity index (χ4n) is 2.68. The van der Waals surface area contributed by atoms with E-state index in [2.05, 4.69) is 15.2 Å². The van der Waals surface area contributed by atoms with Gasteiger partial charge >= 0.3 is 0 Å². The lowest BCUT2D eigenvalue weighted by molar-refractivity contribution is 0.299. The molecular weight excluding hydrogens is 418 g/mol. The second-order valence-electron chi connectivity index (χ2n) is 5.97. The molecule has 6 nitrogen and oxygen atoms in total. The number of halogens is 3. The highest BCUT2D eigenvalue weighted by atomic mass is 35.5. The molecule has 0 aliphatic carbocycles. The van der Waals surface area contributed by atoms with E-state index in [4.69, 9.17) is 37.9 Å². The van der Waals surface area contributed by atoms with E-state index in [1.54, 1.807) is 12.3 Å². The van der Waals surface area contributed by atoms with Crippen LogP contribution in [0.25, 0.3) is 11.0 Å². The minimum absolute atomic E-state index is 0.0314. The van der Waals surface area contributed by atoms with Crippen LogP contribution in [0.4, 0.5) is 4.39 Å². The average molecular weight is 429 g/mol. The zero-order valence-corrected chi connectivity index (χ0v) is 16.1. The third-order valence-corrected chi connectivity index (χ3v) is 4.57. The van der Waals surface area contributed by atoms with Gasteiger partial charge in [-0.15, -0.1) is 0 Å². The molecular formula is C20H11Cl2FN4O2. The van der Waals surface area contributed by atoms with Gasteiger partial charge in [-0.05, 0) is 30.3 Å². The molecule has 0 bridgehead atoms. The number of hydrogen-bond acceptors (Lipinski definition) is 5. The topological polar surface area (TPSA) is 83.8 Å². The number of hydrogen-bond donors (Lipinski definition) is 1. The van der Waals surface area contributed by atoms with Gasteiger partial charge in [0.15, 0.2) is 11.4 Å². The molecule has 0 aliphatic heterocycles. The summed E-state index contributed by atoms with van der Waals surface area (Å²) in [4.78, 5) is 4.14. The Balaban J connectivity index is 1.59. The molecule has 1 N–H and O–H groups in total. The number of rotatable bonds is 5. The number of nitrogens with one attached hydrogen (secondary N) is 1. The molecule has 0 fully saturated rings. The number of benzene rings is 2. The predicted octanol–water partition coefficient (Wildman–Crippen LogP) is 5.65. The van der Waals surface area contributed by atoms with E-state index < -0.39 is 5.82 Å². The van der Waals surface area contributed by atoms with Gasteiger partial charge in [-0.3, -0.25) is 5.10 Å². The zero-order chi connectivity index (χ0) is 20.4. The Morgan fingerprint density at radius 1 is 1.14 bits per heavy atom. The van der Waals surface area contributed by atoms with Gasteiger partial charge in [-0.25, -0.2) is 9.37 Å². The monoisotopic (exact) mass is 428 g/mol. The first-order valence-corrected chi connectivity index (χ1v) is 9.07. The quantitative estimate of drug-likeness (QED) is 0.444. The first kappa shape index (κ1) is 19.0. The third kappa shape index (κ3) is 4.09. The van der Waals surface area contributed by atoms with Crippen LogP contribution >= 0.6 is 23.2 Å². The Morgan fingerprint density at radius 2 is 2.00 bits per heavy atom. The summed E-state index contributed by atoms with van der Waals surface area (Å²) < 4.78 is 25.6. The smallest absolute Gasteiger partial charge is 0.181 e. The minimum atomic E-state index is -0.710. The van der Waals surface area contributed by atoms with Crippen molar-refractivity contribution in [1.29, 1.82) is 5.26 Å². The summed E-state index contributed by atoms with van der Waals surface area (Å²) in [5, 5.41) is 16.9. The van der Waals surface area contributed by atoms with Crippen LogP contribution in [-0.2, 0) is 6.61 Å². The highest BCUT2D eigenvalue weighted by Crippen LogP contribution is 2.36. The van der Waals surface area contributed by atoms with Gasteiger partial charge in [-0.2, -0.15) is 10.4 Å². The third-order valence-electron chi connectivity index (χ3n) is 3.99. The molecule has 0 spiro atoms. The molecule has 4 aromatic rings. The number of nitrogens with zero attached hydrogens (tertiary/aromatic N) is 3. The van der Waals surface area contributed by atoms with Gasteiger partial charge in [-0.1, -0.05) is 23.2 Å². The summed E-state index contributed by atoms with van der Waals surface area (Å²) in [6.07, 6.45) is 1.64. The maximum Gasteiger partial charge on any atom is 0.181 e. The Morgan fingerprint density at radius 3 is 2.83 bits per heavy atom. The van der Waals surface area contributed by atoms with Crippen LogP contribution in [0.1, 0.15) is 11.3 Å². The van der Waals surface area contributed by atoms with E-state index in [1.165, 1.54) is 24.3 Å². The molecule has 0 aliphatic rings. The maximum absolute atomic E-state index is 14.3. The standard InChI is InChI=1S/C20H11Cl2FN4O2/c21-12-4-11(9-24)5-14(6-12)29-18-8-13(7-16(23)19(18)22)28-10-17-15-2-1-3-25-20(15)27-26-17/h1-8H,10H2,(H,25,26,27). The van der Waals surface area contributed by atoms with E-state index in [1.807, 2.05) is 12.1 Å². The molecule has 4 rings (SSSR count). The Kier molecular flexibility index (Phi) is 5.21. The van der Waals surface area contributed by atoms with E-state index in [0.717, 1.165) is 11.5 Å². The average Bonchev–Trinajstić information content (AvgIpc) is 3.12. The largest absolute Gasteiger partial charge is 0.487 e.